The molecule has 1 aliphatic rings. The highest BCUT2D eigenvalue weighted by Crippen LogP contribution is 2.33. The van der Waals surface area contributed by atoms with Crippen LogP contribution in [0.25, 0.3) is 0 Å². The van der Waals surface area contributed by atoms with Gasteiger partial charge in [-0.15, -0.1) is 0 Å². The fourth-order valence-corrected chi connectivity index (χ4v) is 1.94. The van der Waals surface area contributed by atoms with Crippen LogP contribution in [0.15, 0.2) is 0 Å². The van der Waals surface area contributed by atoms with Crippen molar-refractivity contribution in [2.45, 2.75) is 39.5 Å². The van der Waals surface area contributed by atoms with E-state index in [1.165, 1.54) is 12.8 Å². The quantitative estimate of drug-likeness (QED) is 0.713. The molecule has 78 valence electrons. The highest BCUT2D eigenvalue weighted by atomic mass is 16.5. The Morgan fingerprint density at radius 3 is 2.69 bits per heavy atom. The van der Waals surface area contributed by atoms with Gasteiger partial charge < -0.3 is 9.84 Å². The molecule has 1 N–H and O–H groups in total. The molecule has 1 rings (SSSR count). The zero-order valence-electron chi connectivity index (χ0n) is 8.88. The normalized spacial score (nSPS) is 28.6. The van der Waals surface area contributed by atoms with Crippen LogP contribution in [0.3, 0.4) is 0 Å². The second-order valence-corrected chi connectivity index (χ2v) is 4.75. The van der Waals surface area contributed by atoms with Gasteiger partial charge in [0.25, 0.3) is 0 Å². The Kier molecular flexibility index (Phi) is 4.20. The lowest BCUT2D eigenvalue weighted by Crippen LogP contribution is -2.25. The van der Waals surface area contributed by atoms with Gasteiger partial charge in [0.2, 0.25) is 0 Å². The van der Waals surface area contributed by atoms with Crippen LogP contribution in [0.4, 0.5) is 0 Å². The van der Waals surface area contributed by atoms with E-state index in [4.69, 9.17) is 4.74 Å². The van der Waals surface area contributed by atoms with Crippen LogP contribution in [0, 0.1) is 11.3 Å². The summed E-state index contributed by atoms with van der Waals surface area (Å²) >= 11 is 0. The first-order valence-corrected chi connectivity index (χ1v) is 5.37. The van der Waals surface area contributed by atoms with Crippen molar-refractivity contribution in [1.82, 2.24) is 0 Å². The van der Waals surface area contributed by atoms with Crippen LogP contribution in [0.5, 0.6) is 0 Å². The van der Waals surface area contributed by atoms with Gasteiger partial charge in [0, 0.05) is 12.0 Å². The smallest absolute Gasteiger partial charge is 0.0545 e. The predicted octanol–water partition coefficient (Wildman–Crippen LogP) is 2.21. The number of hydrogen-bond donors (Lipinski definition) is 1. The van der Waals surface area contributed by atoms with Gasteiger partial charge in [-0.05, 0) is 18.8 Å². The third-order valence-electron chi connectivity index (χ3n) is 3.01. The molecule has 0 aromatic rings. The van der Waals surface area contributed by atoms with Crippen molar-refractivity contribution >= 4 is 0 Å². The first-order chi connectivity index (χ1) is 6.18. The minimum Gasteiger partial charge on any atom is -0.396 e. The van der Waals surface area contributed by atoms with Gasteiger partial charge in [0.1, 0.15) is 0 Å². The van der Waals surface area contributed by atoms with Crippen LogP contribution in [-0.2, 0) is 4.74 Å². The van der Waals surface area contributed by atoms with Crippen molar-refractivity contribution in [3.8, 4) is 0 Å². The minimum atomic E-state index is 0.106. The third kappa shape index (κ3) is 3.28. The van der Waals surface area contributed by atoms with Crippen LogP contribution >= 0.6 is 0 Å². The van der Waals surface area contributed by atoms with E-state index in [9.17, 15) is 5.11 Å². The van der Waals surface area contributed by atoms with Crippen molar-refractivity contribution in [3.63, 3.8) is 0 Å². The summed E-state index contributed by atoms with van der Waals surface area (Å²) in [6, 6.07) is 0. The molecular formula is C11H22O2. The van der Waals surface area contributed by atoms with E-state index in [0.29, 0.717) is 6.61 Å². The van der Waals surface area contributed by atoms with Crippen LogP contribution in [0.2, 0.25) is 0 Å². The van der Waals surface area contributed by atoms with E-state index in [1.807, 2.05) is 0 Å². The molecular weight excluding hydrogens is 164 g/mol. The molecule has 0 bridgehead atoms. The summed E-state index contributed by atoms with van der Waals surface area (Å²) in [5, 5.41) is 9.30. The summed E-state index contributed by atoms with van der Waals surface area (Å²) < 4.78 is 5.35. The third-order valence-corrected chi connectivity index (χ3v) is 3.01. The first-order valence-electron chi connectivity index (χ1n) is 5.37. The van der Waals surface area contributed by atoms with Gasteiger partial charge in [-0.3, -0.25) is 0 Å². The molecule has 1 heterocycles. The molecule has 13 heavy (non-hydrogen) atoms. The summed E-state index contributed by atoms with van der Waals surface area (Å²) in [6.45, 7) is 6.39. The summed E-state index contributed by atoms with van der Waals surface area (Å²) in [4.78, 5) is 0. The van der Waals surface area contributed by atoms with E-state index in [-0.39, 0.29) is 5.41 Å². The van der Waals surface area contributed by atoms with Gasteiger partial charge >= 0.3 is 0 Å². The van der Waals surface area contributed by atoms with Crippen LogP contribution in [-0.4, -0.2) is 24.9 Å². The van der Waals surface area contributed by atoms with Gasteiger partial charge in [-0.1, -0.05) is 26.7 Å². The molecule has 2 heteroatoms. The summed E-state index contributed by atoms with van der Waals surface area (Å²) in [7, 11) is 0. The van der Waals surface area contributed by atoms with Crippen molar-refractivity contribution in [3.05, 3.63) is 0 Å². The number of rotatable bonds is 5. The molecule has 2 nitrogen and oxygen atoms in total. The lowest BCUT2D eigenvalue weighted by atomic mass is 9.82. The lowest BCUT2D eigenvalue weighted by Gasteiger charge is -2.24. The highest BCUT2D eigenvalue weighted by molar-refractivity contribution is 4.82. The molecule has 0 amide bonds. The van der Waals surface area contributed by atoms with Gasteiger partial charge in [-0.2, -0.15) is 0 Å². The van der Waals surface area contributed by atoms with Crippen molar-refractivity contribution in [2.24, 2.45) is 11.3 Å². The average Bonchev–Trinajstić information content (AvgIpc) is 2.53. The molecule has 0 aromatic heterocycles. The Hall–Kier alpha value is -0.0800. The van der Waals surface area contributed by atoms with Crippen LogP contribution in [0.1, 0.15) is 39.5 Å². The number of ether oxygens (including phenoxy) is 1. The van der Waals surface area contributed by atoms with E-state index in [1.54, 1.807) is 0 Å². The molecule has 1 aliphatic heterocycles. The molecule has 0 aromatic carbocycles. The standard InChI is InChI=1S/C11H22O2/c1-10(2)4-3-5-11(8-12)6-7-13-9-11/h10,12H,3-9H2,1-2H3. The Bertz CT molecular complexity index is 137. The molecule has 0 saturated carbocycles. The molecule has 0 radical (unpaired) electrons. The SMILES string of the molecule is CC(C)CCCC1(CO)CCOC1. The minimum absolute atomic E-state index is 0.106. The lowest BCUT2D eigenvalue weighted by molar-refractivity contribution is 0.0835. The average molecular weight is 186 g/mol. The molecule has 0 spiro atoms. The summed E-state index contributed by atoms with van der Waals surface area (Å²) in [5.41, 5.74) is 0.106. The van der Waals surface area contributed by atoms with Gasteiger partial charge in [0.05, 0.1) is 13.2 Å². The van der Waals surface area contributed by atoms with Crippen molar-refractivity contribution in [1.29, 1.82) is 0 Å². The Balaban J connectivity index is 2.23. The fourth-order valence-electron chi connectivity index (χ4n) is 1.94. The Morgan fingerprint density at radius 1 is 1.46 bits per heavy atom. The van der Waals surface area contributed by atoms with Crippen LogP contribution < -0.4 is 0 Å². The summed E-state index contributed by atoms with van der Waals surface area (Å²) in [5.74, 6) is 0.776. The number of hydrogen-bond acceptors (Lipinski definition) is 2. The van der Waals surface area contributed by atoms with Crippen molar-refractivity contribution in [2.75, 3.05) is 19.8 Å². The zero-order chi connectivity index (χ0) is 9.73. The fraction of sp³-hybridized carbons (Fsp3) is 1.00. The molecule has 1 fully saturated rings. The topological polar surface area (TPSA) is 29.5 Å². The Labute approximate surface area is 81.3 Å². The Morgan fingerprint density at radius 2 is 2.23 bits per heavy atom. The predicted molar refractivity (Wildman–Crippen MR) is 53.6 cm³/mol. The zero-order valence-corrected chi connectivity index (χ0v) is 8.88. The van der Waals surface area contributed by atoms with Gasteiger partial charge in [0.15, 0.2) is 0 Å². The first kappa shape index (κ1) is 11.0. The van der Waals surface area contributed by atoms with Gasteiger partial charge in [-0.25, -0.2) is 0 Å². The second-order valence-electron chi connectivity index (χ2n) is 4.75. The van der Waals surface area contributed by atoms with E-state index in [2.05, 4.69) is 13.8 Å². The van der Waals surface area contributed by atoms with Crippen molar-refractivity contribution < 1.29 is 9.84 Å². The largest absolute Gasteiger partial charge is 0.396 e. The highest BCUT2D eigenvalue weighted by Gasteiger charge is 2.33. The van der Waals surface area contributed by atoms with E-state index >= 15 is 0 Å². The van der Waals surface area contributed by atoms with E-state index < -0.39 is 0 Å². The molecule has 1 atom stereocenters. The second kappa shape index (κ2) is 4.97. The molecule has 1 saturated heterocycles. The maximum atomic E-state index is 9.30. The maximum Gasteiger partial charge on any atom is 0.0545 e. The monoisotopic (exact) mass is 186 g/mol. The molecule has 0 aliphatic carbocycles. The summed E-state index contributed by atoms with van der Waals surface area (Å²) in [6.07, 6.45) is 4.66. The number of aliphatic hydroxyl groups is 1. The molecule has 1 unspecified atom stereocenters. The maximum absolute atomic E-state index is 9.30. The van der Waals surface area contributed by atoms with E-state index in [0.717, 1.165) is 32.0 Å². The number of aliphatic hydroxyl groups excluding tert-OH is 1.